The van der Waals surface area contributed by atoms with Crippen molar-refractivity contribution in [2.24, 2.45) is 0 Å². The zero-order valence-corrected chi connectivity index (χ0v) is 18.0. The van der Waals surface area contributed by atoms with Crippen molar-refractivity contribution in [3.63, 3.8) is 0 Å². The van der Waals surface area contributed by atoms with E-state index in [-0.39, 0.29) is 5.56 Å². The van der Waals surface area contributed by atoms with E-state index in [9.17, 15) is 4.79 Å². The summed E-state index contributed by atoms with van der Waals surface area (Å²) in [5.41, 5.74) is 3.35. The number of aromatic nitrogens is 4. The van der Waals surface area contributed by atoms with Crippen LogP contribution in [-0.2, 0) is 6.42 Å². The number of anilines is 1. The highest BCUT2D eigenvalue weighted by molar-refractivity contribution is 5.93. The summed E-state index contributed by atoms with van der Waals surface area (Å²) in [6.45, 7) is 8.46. The third-order valence-electron chi connectivity index (χ3n) is 6.24. The van der Waals surface area contributed by atoms with E-state index in [2.05, 4.69) is 43.2 Å². The average Bonchev–Trinajstić information content (AvgIpc) is 2.80. The van der Waals surface area contributed by atoms with E-state index in [0.29, 0.717) is 12.1 Å². The van der Waals surface area contributed by atoms with E-state index in [1.54, 1.807) is 10.6 Å². The van der Waals surface area contributed by atoms with Gasteiger partial charge in [0.25, 0.3) is 5.56 Å². The SMILES string of the molecule is Cc1nc2ccccn2c(=O)c1CCN1CCN(c2nnc(C)c3ccccc23)CC1. The second kappa shape index (κ2) is 8.07. The molecule has 0 atom stereocenters. The fraction of sp³-hybridized carbons (Fsp3) is 0.333. The lowest BCUT2D eigenvalue weighted by Gasteiger charge is -2.35. The van der Waals surface area contributed by atoms with Crippen LogP contribution in [0.5, 0.6) is 0 Å². The highest BCUT2D eigenvalue weighted by Crippen LogP contribution is 2.26. The summed E-state index contributed by atoms with van der Waals surface area (Å²) in [7, 11) is 0. The standard InChI is InChI=1S/C24H26N6O/c1-17-20(24(31)30-11-6-5-9-22(30)25-17)10-12-28-13-15-29(16-14-28)23-21-8-4-3-7-19(21)18(2)26-27-23/h3-9,11H,10,12-16H2,1-2H3. The fourth-order valence-electron chi connectivity index (χ4n) is 4.43. The minimum absolute atomic E-state index is 0.0446. The molecule has 1 fully saturated rings. The molecule has 4 heterocycles. The molecular formula is C24H26N6O. The second-order valence-electron chi connectivity index (χ2n) is 8.14. The smallest absolute Gasteiger partial charge is 0.261 e. The molecule has 3 aromatic heterocycles. The van der Waals surface area contributed by atoms with Crippen LogP contribution >= 0.6 is 0 Å². The molecule has 1 saturated heterocycles. The van der Waals surface area contributed by atoms with Gasteiger partial charge in [-0.15, -0.1) is 5.10 Å². The molecule has 0 aliphatic carbocycles. The molecule has 0 spiro atoms. The van der Waals surface area contributed by atoms with Crippen LogP contribution in [-0.4, -0.2) is 57.2 Å². The van der Waals surface area contributed by atoms with Gasteiger partial charge in [0, 0.05) is 61.0 Å². The van der Waals surface area contributed by atoms with Gasteiger partial charge in [0.1, 0.15) is 5.65 Å². The second-order valence-corrected chi connectivity index (χ2v) is 8.14. The van der Waals surface area contributed by atoms with Crippen molar-refractivity contribution in [2.45, 2.75) is 20.3 Å². The molecule has 31 heavy (non-hydrogen) atoms. The number of hydrogen-bond acceptors (Lipinski definition) is 6. The fourth-order valence-corrected chi connectivity index (χ4v) is 4.43. The summed E-state index contributed by atoms with van der Waals surface area (Å²) in [4.78, 5) is 22.2. The maximum absolute atomic E-state index is 12.9. The van der Waals surface area contributed by atoms with E-state index in [1.165, 1.54) is 0 Å². The Labute approximate surface area is 181 Å². The van der Waals surface area contributed by atoms with E-state index < -0.39 is 0 Å². The van der Waals surface area contributed by atoms with Crippen LogP contribution in [0.25, 0.3) is 16.4 Å². The van der Waals surface area contributed by atoms with Gasteiger partial charge < -0.3 is 4.90 Å². The van der Waals surface area contributed by atoms with Crippen molar-refractivity contribution in [3.8, 4) is 0 Å². The van der Waals surface area contributed by atoms with Crippen LogP contribution in [0.2, 0.25) is 0 Å². The summed E-state index contributed by atoms with van der Waals surface area (Å²) in [6, 6.07) is 14.0. The van der Waals surface area contributed by atoms with Gasteiger partial charge in [-0.25, -0.2) is 4.98 Å². The maximum Gasteiger partial charge on any atom is 0.261 e. The molecule has 0 radical (unpaired) electrons. The van der Waals surface area contributed by atoms with Crippen molar-refractivity contribution in [1.29, 1.82) is 0 Å². The van der Waals surface area contributed by atoms with Gasteiger partial charge in [-0.3, -0.25) is 14.1 Å². The molecule has 0 amide bonds. The minimum Gasteiger partial charge on any atom is -0.352 e. The van der Waals surface area contributed by atoms with Crippen molar-refractivity contribution in [1.82, 2.24) is 24.5 Å². The summed E-state index contributed by atoms with van der Waals surface area (Å²) in [6.07, 6.45) is 2.50. The number of hydrogen-bond donors (Lipinski definition) is 0. The first-order chi connectivity index (χ1) is 15.1. The molecule has 0 N–H and O–H groups in total. The molecule has 5 rings (SSSR count). The Balaban J connectivity index is 1.28. The largest absolute Gasteiger partial charge is 0.352 e. The number of fused-ring (bicyclic) bond motifs is 2. The Morgan fingerprint density at radius 3 is 2.42 bits per heavy atom. The minimum atomic E-state index is 0.0446. The zero-order chi connectivity index (χ0) is 21.4. The van der Waals surface area contributed by atoms with Crippen molar-refractivity contribution >= 4 is 22.2 Å². The van der Waals surface area contributed by atoms with Crippen molar-refractivity contribution in [2.75, 3.05) is 37.6 Å². The summed E-state index contributed by atoms with van der Waals surface area (Å²) in [5.74, 6) is 0.966. The monoisotopic (exact) mass is 414 g/mol. The number of nitrogens with zero attached hydrogens (tertiary/aromatic N) is 6. The van der Waals surface area contributed by atoms with Gasteiger partial charge in [0.05, 0.1) is 5.69 Å². The highest BCUT2D eigenvalue weighted by atomic mass is 16.1. The van der Waals surface area contributed by atoms with Gasteiger partial charge in [-0.05, 0) is 32.4 Å². The lowest BCUT2D eigenvalue weighted by molar-refractivity contribution is 0.260. The first-order valence-corrected chi connectivity index (χ1v) is 10.8. The zero-order valence-electron chi connectivity index (χ0n) is 18.0. The van der Waals surface area contributed by atoms with E-state index in [4.69, 9.17) is 0 Å². The molecule has 0 saturated carbocycles. The van der Waals surface area contributed by atoms with Gasteiger partial charge in [-0.1, -0.05) is 30.3 Å². The summed E-state index contributed by atoms with van der Waals surface area (Å²) >= 11 is 0. The summed E-state index contributed by atoms with van der Waals surface area (Å²) in [5, 5.41) is 11.2. The van der Waals surface area contributed by atoms with Gasteiger partial charge in [-0.2, -0.15) is 5.10 Å². The lowest BCUT2D eigenvalue weighted by atomic mass is 10.1. The van der Waals surface area contributed by atoms with Crippen LogP contribution in [0, 0.1) is 13.8 Å². The highest BCUT2D eigenvalue weighted by Gasteiger charge is 2.21. The van der Waals surface area contributed by atoms with Gasteiger partial charge in [0.2, 0.25) is 0 Å². The molecule has 1 aliphatic rings. The molecule has 4 aromatic rings. The van der Waals surface area contributed by atoms with E-state index in [0.717, 1.165) is 66.3 Å². The van der Waals surface area contributed by atoms with Crippen LogP contribution < -0.4 is 10.5 Å². The molecule has 1 aliphatic heterocycles. The van der Waals surface area contributed by atoms with E-state index >= 15 is 0 Å². The first kappa shape index (κ1) is 19.6. The van der Waals surface area contributed by atoms with Crippen molar-refractivity contribution in [3.05, 3.63) is 76.0 Å². The Morgan fingerprint density at radius 2 is 1.61 bits per heavy atom. The Bertz CT molecular complexity index is 1310. The normalized spacial score (nSPS) is 15.1. The van der Waals surface area contributed by atoms with Gasteiger partial charge in [0.15, 0.2) is 5.82 Å². The molecule has 7 nitrogen and oxygen atoms in total. The van der Waals surface area contributed by atoms with Crippen LogP contribution in [0.15, 0.2) is 53.5 Å². The third-order valence-corrected chi connectivity index (χ3v) is 6.24. The topological polar surface area (TPSA) is 66.6 Å². The third kappa shape index (κ3) is 3.65. The van der Waals surface area contributed by atoms with Crippen LogP contribution in [0.3, 0.4) is 0 Å². The first-order valence-electron chi connectivity index (χ1n) is 10.8. The van der Waals surface area contributed by atoms with Crippen molar-refractivity contribution < 1.29 is 0 Å². The number of rotatable bonds is 4. The number of piperazine rings is 1. The summed E-state index contributed by atoms with van der Waals surface area (Å²) < 4.78 is 1.64. The maximum atomic E-state index is 12.9. The molecular weight excluding hydrogens is 388 g/mol. The number of pyridine rings is 1. The van der Waals surface area contributed by atoms with Gasteiger partial charge >= 0.3 is 0 Å². The number of aryl methyl sites for hydroxylation is 2. The molecule has 0 unspecified atom stereocenters. The predicted octanol–water partition coefficient (Wildman–Crippen LogP) is 2.62. The molecule has 7 heteroatoms. The van der Waals surface area contributed by atoms with Crippen LogP contribution in [0.4, 0.5) is 5.82 Å². The average molecular weight is 415 g/mol. The predicted molar refractivity (Wildman–Crippen MR) is 123 cm³/mol. The molecule has 1 aromatic carbocycles. The number of benzene rings is 1. The van der Waals surface area contributed by atoms with E-state index in [1.807, 2.05) is 38.1 Å². The molecule has 0 bridgehead atoms. The quantitative estimate of drug-likeness (QED) is 0.511. The Hall–Kier alpha value is -3.32. The Kier molecular flexibility index (Phi) is 5.11. The molecule has 158 valence electrons. The van der Waals surface area contributed by atoms with Crippen LogP contribution in [0.1, 0.15) is 17.0 Å². The lowest BCUT2D eigenvalue weighted by Crippen LogP contribution is -2.47. The Morgan fingerprint density at radius 1 is 0.871 bits per heavy atom.